The molecule has 0 fully saturated rings. The third-order valence-electron chi connectivity index (χ3n) is 5.74. The monoisotopic (exact) mass is 469 g/mol. The zero-order chi connectivity index (χ0) is 23.1. The topological polar surface area (TPSA) is 95.2 Å². The minimum Gasteiger partial charge on any atom is -0.335 e. The predicted molar refractivity (Wildman–Crippen MR) is 133 cm³/mol. The molecule has 0 aliphatic carbocycles. The first kappa shape index (κ1) is 20.6. The molecule has 0 saturated carbocycles. The molecule has 6 rings (SSSR count). The van der Waals surface area contributed by atoms with E-state index >= 15 is 4.39 Å². The Bertz CT molecular complexity index is 1620. The number of pyridine rings is 2. The van der Waals surface area contributed by atoms with Gasteiger partial charge >= 0.3 is 0 Å². The summed E-state index contributed by atoms with van der Waals surface area (Å²) in [7, 11) is 0. The molecular formula is C25H20FN7S. The van der Waals surface area contributed by atoms with Crippen LogP contribution in [0.5, 0.6) is 0 Å². The summed E-state index contributed by atoms with van der Waals surface area (Å²) in [5.74, 6) is 0.241. The van der Waals surface area contributed by atoms with E-state index in [0.29, 0.717) is 40.4 Å². The quantitative estimate of drug-likeness (QED) is 0.298. The van der Waals surface area contributed by atoms with Gasteiger partial charge in [0.25, 0.3) is 0 Å². The van der Waals surface area contributed by atoms with Crippen molar-refractivity contribution in [1.29, 1.82) is 0 Å². The SMILES string of the molecule is CCNCc1cncc(-c2cc3c(-c4nc5nccc(-c6cccs6)c5[nH]4)n[nH]c3cc2F)c1. The first-order valence-electron chi connectivity index (χ1n) is 10.9. The summed E-state index contributed by atoms with van der Waals surface area (Å²) in [4.78, 5) is 17.9. The van der Waals surface area contributed by atoms with E-state index in [0.717, 1.165) is 33.5 Å². The van der Waals surface area contributed by atoms with Crippen molar-refractivity contribution < 1.29 is 4.39 Å². The van der Waals surface area contributed by atoms with Crippen LogP contribution in [0.4, 0.5) is 4.39 Å². The lowest BCUT2D eigenvalue weighted by Gasteiger charge is -2.07. The van der Waals surface area contributed by atoms with E-state index in [4.69, 9.17) is 0 Å². The van der Waals surface area contributed by atoms with Crippen LogP contribution in [0.2, 0.25) is 0 Å². The molecule has 9 heteroatoms. The number of fused-ring (bicyclic) bond motifs is 2. The third-order valence-corrected chi connectivity index (χ3v) is 6.64. The molecule has 34 heavy (non-hydrogen) atoms. The molecule has 0 atom stereocenters. The standard InChI is InChI=1S/C25H20FN7S/c1-2-27-11-14-8-15(13-28-12-14)17-9-18-20(10-19(17)26)32-33-23(18)25-30-22-16(21-4-3-7-34-21)5-6-29-24(22)31-25/h3-10,12-13,27H,2,11H2,1H3,(H,32,33)(H,29,30,31). The molecule has 0 unspecified atom stereocenters. The molecule has 168 valence electrons. The van der Waals surface area contributed by atoms with Crippen LogP contribution < -0.4 is 5.32 Å². The van der Waals surface area contributed by atoms with Gasteiger partial charge in [-0.3, -0.25) is 10.1 Å². The van der Waals surface area contributed by atoms with E-state index in [1.54, 1.807) is 36.0 Å². The highest BCUT2D eigenvalue weighted by atomic mass is 32.1. The van der Waals surface area contributed by atoms with Crippen LogP contribution in [-0.2, 0) is 6.54 Å². The number of nitrogens with zero attached hydrogens (tertiary/aromatic N) is 4. The van der Waals surface area contributed by atoms with E-state index in [-0.39, 0.29) is 5.82 Å². The average Bonchev–Trinajstić information content (AvgIpc) is 3.61. The molecule has 6 aromatic rings. The van der Waals surface area contributed by atoms with Gasteiger partial charge in [-0.05, 0) is 41.8 Å². The summed E-state index contributed by atoms with van der Waals surface area (Å²) in [5, 5.41) is 13.5. The first-order chi connectivity index (χ1) is 16.7. The van der Waals surface area contributed by atoms with Gasteiger partial charge in [-0.25, -0.2) is 14.4 Å². The molecule has 5 heterocycles. The summed E-state index contributed by atoms with van der Waals surface area (Å²) in [5.41, 5.74) is 5.88. The van der Waals surface area contributed by atoms with Crippen LogP contribution in [0.25, 0.3) is 55.2 Å². The number of aromatic amines is 2. The second-order valence-electron chi connectivity index (χ2n) is 7.93. The molecular weight excluding hydrogens is 449 g/mol. The zero-order valence-corrected chi connectivity index (χ0v) is 19.1. The summed E-state index contributed by atoms with van der Waals surface area (Å²) >= 11 is 1.66. The Labute approximate surface area is 198 Å². The highest BCUT2D eigenvalue weighted by Gasteiger charge is 2.18. The Morgan fingerprint density at radius 2 is 2.06 bits per heavy atom. The van der Waals surface area contributed by atoms with Gasteiger partial charge in [0.2, 0.25) is 0 Å². The first-order valence-corrected chi connectivity index (χ1v) is 11.8. The lowest BCUT2D eigenvalue weighted by atomic mass is 10.0. The Morgan fingerprint density at radius 3 is 2.91 bits per heavy atom. The van der Waals surface area contributed by atoms with Crippen LogP contribution in [0.15, 0.2) is 60.4 Å². The van der Waals surface area contributed by atoms with Crippen LogP contribution in [-0.4, -0.2) is 36.7 Å². The normalized spacial score (nSPS) is 11.6. The van der Waals surface area contributed by atoms with Gasteiger partial charge in [-0.1, -0.05) is 13.0 Å². The molecule has 1 aromatic carbocycles. The summed E-state index contributed by atoms with van der Waals surface area (Å²) in [6.07, 6.45) is 5.22. The van der Waals surface area contributed by atoms with Crippen molar-refractivity contribution in [3.63, 3.8) is 0 Å². The number of aromatic nitrogens is 6. The predicted octanol–water partition coefficient (Wildman–Crippen LogP) is 5.54. The molecule has 0 aliphatic rings. The van der Waals surface area contributed by atoms with E-state index in [2.05, 4.69) is 41.5 Å². The van der Waals surface area contributed by atoms with Crippen molar-refractivity contribution in [2.24, 2.45) is 0 Å². The fourth-order valence-electron chi connectivity index (χ4n) is 4.10. The summed E-state index contributed by atoms with van der Waals surface area (Å²) in [6.45, 7) is 3.57. The maximum atomic E-state index is 15.1. The summed E-state index contributed by atoms with van der Waals surface area (Å²) in [6, 6.07) is 11.3. The largest absolute Gasteiger partial charge is 0.335 e. The smallest absolute Gasteiger partial charge is 0.178 e. The van der Waals surface area contributed by atoms with Gasteiger partial charge in [0, 0.05) is 58.2 Å². The number of hydrogen-bond acceptors (Lipinski definition) is 6. The summed E-state index contributed by atoms with van der Waals surface area (Å²) < 4.78 is 15.1. The van der Waals surface area contributed by atoms with Crippen LogP contribution in [0.3, 0.4) is 0 Å². The number of thiophene rings is 1. The fraction of sp³-hybridized carbons (Fsp3) is 0.120. The van der Waals surface area contributed by atoms with Crippen molar-refractivity contribution in [3.8, 4) is 33.1 Å². The van der Waals surface area contributed by atoms with Gasteiger partial charge in [0.1, 0.15) is 11.5 Å². The van der Waals surface area contributed by atoms with Crippen molar-refractivity contribution in [3.05, 3.63) is 71.7 Å². The molecule has 0 bridgehead atoms. The van der Waals surface area contributed by atoms with Crippen molar-refractivity contribution in [2.45, 2.75) is 13.5 Å². The highest BCUT2D eigenvalue weighted by Crippen LogP contribution is 2.34. The number of rotatable bonds is 6. The third kappa shape index (κ3) is 3.55. The van der Waals surface area contributed by atoms with E-state index in [1.807, 2.05) is 30.5 Å². The highest BCUT2D eigenvalue weighted by molar-refractivity contribution is 7.13. The maximum Gasteiger partial charge on any atom is 0.178 e. The number of imidazole rings is 1. The number of H-pyrrole nitrogens is 2. The molecule has 0 aliphatic heterocycles. The number of nitrogens with one attached hydrogen (secondary N) is 3. The lowest BCUT2D eigenvalue weighted by Crippen LogP contribution is -2.11. The fourth-order valence-corrected chi connectivity index (χ4v) is 4.86. The molecule has 3 N–H and O–H groups in total. The second kappa shape index (κ2) is 8.44. The number of benzene rings is 1. The van der Waals surface area contributed by atoms with Gasteiger partial charge in [0.15, 0.2) is 11.5 Å². The van der Waals surface area contributed by atoms with Crippen LogP contribution >= 0.6 is 11.3 Å². The second-order valence-corrected chi connectivity index (χ2v) is 8.88. The van der Waals surface area contributed by atoms with Crippen LogP contribution in [0.1, 0.15) is 12.5 Å². The van der Waals surface area contributed by atoms with E-state index in [1.165, 1.54) is 6.07 Å². The Hall–Kier alpha value is -3.95. The number of hydrogen-bond donors (Lipinski definition) is 3. The van der Waals surface area contributed by atoms with E-state index in [9.17, 15) is 0 Å². The Balaban J connectivity index is 1.47. The number of halogens is 1. The van der Waals surface area contributed by atoms with Gasteiger partial charge in [0.05, 0.1) is 11.0 Å². The van der Waals surface area contributed by atoms with Gasteiger partial charge in [-0.15, -0.1) is 11.3 Å². The molecule has 7 nitrogen and oxygen atoms in total. The van der Waals surface area contributed by atoms with Crippen molar-refractivity contribution in [2.75, 3.05) is 6.54 Å². The minimum absolute atomic E-state index is 0.337. The van der Waals surface area contributed by atoms with Gasteiger partial charge < -0.3 is 10.3 Å². The average molecular weight is 470 g/mol. The maximum absolute atomic E-state index is 15.1. The molecule has 0 radical (unpaired) electrons. The molecule has 0 spiro atoms. The van der Waals surface area contributed by atoms with Crippen molar-refractivity contribution >= 4 is 33.4 Å². The molecule has 0 saturated heterocycles. The lowest BCUT2D eigenvalue weighted by molar-refractivity contribution is 0.632. The van der Waals surface area contributed by atoms with E-state index < -0.39 is 0 Å². The Kier molecular flexibility index (Phi) is 5.12. The zero-order valence-electron chi connectivity index (χ0n) is 18.3. The Morgan fingerprint density at radius 1 is 1.12 bits per heavy atom. The van der Waals surface area contributed by atoms with Crippen molar-refractivity contribution in [1.82, 2.24) is 35.5 Å². The molecule has 0 amide bonds. The minimum atomic E-state index is -0.337. The van der Waals surface area contributed by atoms with Gasteiger partial charge in [-0.2, -0.15) is 5.10 Å². The van der Waals surface area contributed by atoms with Crippen LogP contribution in [0, 0.1) is 5.82 Å². The molecule has 5 aromatic heterocycles.